The summed E-state index contributed by atoms with van der Waals surface area (Å²) in [6, 6.07) is 4.85. The Morgan fingerprint density at radius 2 is 2.11 bits per heavy atom. The summed E-state index contributed by atoms with van der Waals surface area (Å²) in [4.78, 5) is 16.2. The van der Waals surface area contributed by atoms with E-state index in [-0.39, 0.29) is 17.6 Å². The van der Waals surface area contributed by atoms with Gasteiger partial charge in [0.25, 0.3) is 0 Å². The molecule has 2 aromatic rings. The van der Waals surface area contributed by atoms with E-state index in [2.05, 4.69) is 10.3 Å². The molecular weight excluding hydrogens is 263 g/mol. The minimum atomic E-state index is -0.341. The average Bonchev–Trinajstić information content (AvgIpc) is 2.84. The maximum atomic E-state index is 13.5. The Bertz CT molecular complexity index is 605. The van der Waals surface area contributed by atoms with Crippen molar-refractivity contribution in [2.75, 3.05) is 5.32 Å². The minimum Gasteiger partial charge on any atom is -0.302 e. The van der Waals surface area contributed by atoms with E-state index in [0.29, 0.717) is 10.6 Å². The van der Waals surface area contributed by atoms with Gasteiger partial charge in [-0.2, -0.15) is 0 Å². The van der Waals surface area contributed by atoms with E-state index in [1.165, 1.54) is 23.8 Å². The third-order valence-electron chi connectivity index (χ3n) is 3.58. The standard InChI is InChI=1S/C14H15FN2OS/c15-10-7-4-8-11-12(10)16-14(19-11)17-13(18)9-5-2-1-3-6-9/h4,7-9H,1-3,5-6H2,(H,16,17,18). The summed E-state index contributed by atoms with van der Waals surface area (Å²) >= 11 is 1.32. The van der Waals surface area contributed by atoms with Crippen LogP contribution in [0.15, 0.2) is 18.2 Å². The number of hydrogen-bond donors (Lipinski definition) is 1. The van der Waals surface area contributed by atoms with Gasteiger partial charge < -0.3 is 5.32 Å². The van der Waals surface area contributed by atoms with Gasteiger partial charge in [0.2, 0.25) is 5.91 Å². The van der Waals surface area contributed by atoms with E-state index >= 15 is 0 Å². The SMILES string of the molecule is O=C(Nc1nc2c(F)cccc2s1)C1CCCCC1. The van der Waals surface area contributed by atoms with Crippen LogP contribution in [-0.4, -0.2) is 10.9 Å². The molecule has 1 heterocycles. The predicted molar refractivity (Wildman–Crippen MR) is 74.8 cm³/mol. The van der Waals surface area contributed by atoms with E-state index in [1.54, 1.807) is 6.07 Å². The van der Waals surface area contributed by atoms with E-state index < -0.39 is 0 Å². The van der Waals surface area contributed by atoms with E-state index in [1.807, 2.05) is 6.07 Å². The second-order valence-electron chi connectivity index (χ2n) is 4.93. The third-order valence-corrected chi connectivity index (χ3v) is 4.51. The number of rotatable bonds is 2. The lowest BCUT2D eigenvalue weighted by atomic mass is 9.89. The van der Waals surface area contributed by atoms with Crippen molar-refractivity contribution in [3.63, 3.8) is 0 Å². The van der Waals surface area contributed by atoms with Crippen molar-refractivity contribution in [2.45, 2.75) is 32.1 Å². The summed E-state index contributed by atoms with van der Waals surface area (Å²) in [5.74, 6) is -0.225. The number of amides is 1. The van der Waals surface area contributed by atoms with Crippen LogP contribution in [0.4, 0.5) is 9.52 Å². The Kier molecular flexibility index (Phi) is 3.46. The van der Waals surface area contributed by atoms with E-state index in [4.69, 9.17) is 0 Å². The molecule has 0 saturated heterocycles. The third kappa shape index (κ3) is 2.61. The molecule has 1 N–H and O–H groups in total. The van der Waals surface area contributed by atoms with Gasteiger partial charge in [0, 0.05) is 5.92 Å². The largest absolute Gasteiger partial charge is 0.302 e. The highest BCUT2D eigenvalue weighted by Crippen LogP contribution is 2.29. The van der Waals surface area contributed by atoms with Crippen molar-refractivity contribution < 1.29 is 9.18 Å². The molecule has 1 saturated carbocycles. The second-order valence-corrected chi connectivity index (χ2v) is 5.96. The predicted octanol–water partition coefficient (Wildman–Crippen LogP) is 3.95. The number of fused-ring (bicyclic) bond motifs is 1. The van der Waals surface area contributed by atoms with Gasteiger partial charge in [0.1, 0.15) is 11.3 Å². The van der Waals surface area contributed by atoms with Crippen LogP contribution in [0.3, 0.4) is 0 Å². The van der Waals surface area contributed by atoms with Gasteiger partial charge in [-0.15, -0.1) is 0 Å². The number of carbonyl (C=O) groups is 1. The molecule has 0 spiro atoms. The molecule has 100 valence electrons. The molecule has 0 bridgehead atoms. The monoisotopic (exact) mass is 278 g/mol. The molecule has 1 aliphatic rings. The van der Waals surface area contributed by atoms with Crippen molar-refractivity contribution in [3.05, 3.63) is 24.0 Å². The lowest BCUT2D eigenvalue weighted by molar-refractivity contribution is -0.120. The Hall–Kier alpha value is -1.49. The number of halogens is 1. The Labute approximate surface area is 114 Å². The van der Waals surface area contributed by atoms with Gasteiger partial charge in [0.15, 0.2) is 5.13 Å². The second kappa shape index (κ2) is 5.25. The van der Waals surface area contributed by atoms with Gasteiger partial charge in [0.05, 0.1) is 4.70 Å². The zero-order valence-electron chi connectivity index (χ0n) is 10.5. The molecule has 0 atom stereocenters. The van der Waals surface area contributed by atoms with E-state index in [9.17, 15) is 9.18 Å². The summed E-state index contributed by atoms with van der Waals surface area (Å²) in [6.45, 7) is 0. The highest BCUT2D eigenvalue weighted by atomic mass is 32.1. The van der Waals surface area contributed by atoms with Gasteiger partial charge in [-0.1, -0.05) is 36.7 Å². The van der Waals surface area contributed by atoms with Crippen LogP contribution in [0, 0.1) is 11.7 Å². The number of nitrogens with one attached hydrogen (secondary N) is 1. The first kappa shape index (κ1) is 12.5. The zero-order valence-corrected chi connectivity index (χ0v) is 11.3. The van der Waals surface area contributed by atoms with Crippen molar-refractivity contribution >= 4 is 32.6 Å². The first-order valence-electron chi connectivity index (χ1n) is 6.60. The van der Waals surface area contributed by atoms with Crippen LogP contribution >= 0.6 is 11.3 Å². The minimum absolute atomic E-state index is 0.0270. The quantitative estimate of drug-likeness (QED) is 0.903. The summed E-state index contributed by atoms with van der Waals surface area (Å²) < 4.78 is 14.3. The van der Waals surface area contributed by atoms with Crippen LogP contribution in [0.5, 0.6) is 0 Å². The number of benzene rings is 1. The van der Waals surface area contributed by atoms with Crippen molar-refractivity contribution in [1.82, 2.24) is 4.98 Å². The van der Waals surface area contributed by atoms with Crippen LogP contribution in [0.2, 0.25) is 0 Å². The molecule has 3 rings (SSSR count). The van der Waals surface area contributed by atoms with Crippen LogP contribution in [0.1, 0.15) is 32.1 Å². The first-order chi connectivity index (χ1) is 9.24. The highest BCUT2D eigenvalue weighted by molar-refractivity contribution is 7.22. The molecule has 1 aromatic carbocycles. The summed E-state index contributed by atoms with van der Waals surface area (Å²) in [5.41, 5.74) is 0.339. The molecule has 1 amide bonds. The number of thiazole rings is 1. The summed E-state index contributed by atoms with van der Waals surface area (Å²) in [5, 5.41) is 3.33. The molecule has 19 heavy (non-hydrogen) atoms. The first-order valence-corrected chi connectivity index (χ1v) is 7.41. The van der Waals surface area contributed by atoms with Gasteiger partial charge in [-0.3, -0.25) is 4.79 Å². The molecular formula is C14H15FN2OS. The molecule has 1 aromatic heterocycles. The number of carbonyl (C=O) groups excluding carboxylic acids is 1. The maximum absolute atomic E-state index is 13.5. The zero-order chi connectivity index (χ0) is 13.2. The van der Waals surface area contributed by atoms with Crippen LogP contribution in [-0.2, 0) is 4.79 Å². The number of nitrogens with zero attached hydrogens (tertiary/aromatic N) is 1. The number of hydrogen-bond acceptors (Lipinski definition) is 3. The Morgan fingerprint density at radius 1 is 1.32 bits per heavy atom. The Balaban J connectivity index is 1.77. The van der Waals surface area contributed by atoms with Crippen molar-refractivity contribution in [1.29, 1.82) is 0 Å². The fraction of sp³-hybridized carbons (Fsp3) is 0.429. The smallest absolute Gasteiger partial charge is 0.229 e. The number of anilines is 1. The highest BCUT2D eigenvalue weighted by Gasteiger charge is 2.22. The maximum Gasteiger partial charge on any atom is 0.229 e. The lowest BCUT2D eigenvalue weighted by Crippen LogP contribution is -2.24. The lowest BCUT2D eigenvalue weighted by Gasteiger charge is -2.19. The van der Waals surface area contributed by atoms with Crippen LogP contribution in [0.25, 0.3) is 10.2 Å². The van der Waals surface area contributed by atoms with Gasteiger partial charge in [-0.05, 0) is 25.0 Å². The topological polar surface area (TPSA) is 42.0 Å². The molecule has 1 aliphatic carbocycles. The molecule has 0 aliphatic heterocycles. The van der Waals surface area contributed by atoms with Crippen LogP contribution < -0.4 is 5.32 Å². The molecule has 0 radical (unpaired) electrons. The number of para-hydroxylation sites is 1. The molecule has 3 nitrogen and oxygen atoms in total. The fourth-order valence-electron chi connectivity index (χ4n) is 2.54. The van der Waals surface area contributed by atoms with Crippen molar-refractivity contribution in [2.24, 2.45) is 5.92 Å². The molecule has 0 unspecified atom stereocenters. The summed E-state index contributed by atoms with van der Waals surface area (Å²) in [6.07, 6.45) is 5.35. The van der Waals surface area contributed by atoms with E-state index in [0.717, 1.165) is 30.4 Å². The molecule has 1 fully saturated rings. The van der Waals surface area contributed by atoms with Gasteiger partial charge >= 0.3 is 0 Å². The average molecular weight is 278 g/mol. The normalized spacial score (nSPS) is 16.7. The summed E-state index contributed by atoms with van der Waals surface area (Å²) in [7, 11) is 0. The molecule has 5 heteroatoms. The van der Waals surface area contributed by atoms with Crippen molar-refractivity contribution in [3.8, 4) is 0 Å². The number of aromatic nitrogens is 1. The van der Waals surface area contributed by atoms with Gasteiger partial charge in [-0.25, -0.2) is 9.37 Å². The fourth-order valence-corrected chi connectivity index (χ4v) is 3.42. The Morgan fingerprint density at radius 3 is 2.84 bits per heavy atom.